The van der Waals surface area contributed by atoms with Crippen molar-refractivity contribution >= 4 is 16.9 Å². The summed E-state index contributed by atoms with van der Waals surface area (Å²) in [5, 5.41) is 0.485. The van der Waals surface area contributed by atoms with Gasteiger partial charge in [-0.3, -0.25) is 4.79 Å². The zero-order valence-corrected chi connectivity index (χ0v) is 10.2. The molecule has 0 amide bonds. The maximum absolute atomic E-state index is 12.9. The fourth-order valence-corrected chi connectivity index (χ4v) is 2.03. The van der Waals surface area contributed by atoms with Crippen LogP contribution in [0.2, 0.25) is 0 Å². The van der Waals surface area contributed by atoms with Gasteiger partial charge in [-0.1, -0.05) is 18.2 Å². The third-order valence-electron chi connectivity index (χ3n) is 2.90. The SMILES string of the molecule is COC(=O)CCc1c(C(F)(F)F)[nH]c2ccccc12. The molecule has 0 spiro atoms. The van der Waals surface area contributed by atoms with Crippen LogP contribution in [0.15, 0.2) is 24.3 Å². The summed E-state index contributed by atoms with van der Waals surface area (Å²) >= 11 is 0. The molecule has 1 N–H and O–H groups in total. The Morgan fingerprint density at radius 1 is 1.32 bits per heavy atom. The van der Waals surface area contributed by atoms with Crippen LogP contribution in [0.25, 0.3) is 10.9 Å². The Morgan fingerprint density at radius 2 is 2.00 bits per heavy atom. The summed E-state index contributed by atoms with van der Waals surface area (Å²) in [4.78, 5) is 13.5. The molecule has 2 aromatic rings. The second-order valence-electron chi connectivity index (χ2n) is 4.10. The topological polar surface area (TPSA) is 42.1 Å². The van der Waals surface area contributed by atoms with Crippen LogP contribution >= 0.6 is 0 Å². The number of para-hydroxylation sites is 1. The van der Waals surface area contributed by atoms with Gasteiger partial charge in [-0.25, -0.2) is 0 Å². The number of benzene rings is 1. The van der Waals surface area contributed by atoms with Crippen molar-refractivity contribution in [3.8, 4) is 0 Å². The second kappa shape index (κ2) is 4.95. The van der Waals surface area contributed by atoms with Crippen LogP contribution in [0.5, 0.6) is 0 Å². The third-order valence-corrected chi connectivity index (χ3v) is 2.90. The van der Waals surface area contributed by atoms with Crippen molar-refractivity contribution in [1.82, 2.24) is 4.98 Å². The quantitative estimate of drug-likeness (QED) is 0.870. The summed E-state index contributed by atoms with van der Waals surface area (Å²) < 4.78 is 43.3. The first kappa shape index (κ1) is 13.5. The molecule has 6 heteroatoms. The number of carbonyl (C=O) groups excluding carboxylic acids is 1. The lowest BCUT2D eigenvalue weighted by atomic mass is 10.1. The number of aromatic amines is 1. The first-order chi connectivity index (χ1) is 8.93. The Labute approximate surface area is 107 Å². The number of aromatic nitrogens is 1. The molecular formula is C13H12F3NO2. The van der Waals surface area contributed by atoms with Crippen LogP contribution in [-0.4, -0.2) is 18.1 Å². The maximum atomic E-state index is 12.9. The molecule has 0 bridgehead atoms. The minimum Gasteiger partial charge on any atom is -0.469 e. The molecule has 19 heavy (non-hydrogen) atoms. The van der Waals surface area contributed by atoms with Crippen molar-refractivity contribution in [3.63, 3.8) is 0 Å². The van der Waals surface area contributed by atoms with E-state index in [0.29, 0.717) is 10.9 Å². The summed E-state index contributed by atoms with van der Waals surface area (Å²) in [6, 6.07) is 6.50. The highest BCUT2D eigenvalue weighted by Crippen LogP contribution is 2.36. The summed E-state index contributed by atoms with van der Waals surface area (Å²) in [7, 11) is 1.21. The molecule has 0 aliphatic rings. The number of methoxy groups -OCH3 is 1. The number of carbonyl (C=O) groups is 1. The Balaban J connectivity index is 2.46. The van der Waals surface area contributed by atoms with Crippen molar-refractivity contribution < 1.29 is 22.7 Å². The minimum absolute atomic E-state index is 0.00840. The van der Waals surface area contributed by atoms with Crippen LogP contribution in [0, 0.1) is 0 Å². The largest absolute Gasteiger partial charge is 0.469 e. The maximum Gasteiger partial charge on any atom is 0.431 e. The highest BCUT2D eigenvalue weighted by atomic mass is 19.4. The van der Waals surface area contributed by atoms with Gasteiger partial charge in [0.2, 0.25) is 0 Å². The lowest BCUT2D eigenvalue weighted by Crippen LogP contribution is -2.10. The van der Waals surface area contributed by atoms with Crippen molar-refractivity contribution in [2.45, 2.75) is 19.0 Å². The number of hydrogen-bond acceptors (Lipinski definition) is 2. The van der Waals surface area contributed by atoms with E-state index in [1.54, 1.807) is 24.3 Å². The van der Waals surface area contributed by atoms with Gasteiger partial charge in [-0.15, -0.1) is 0 Å². The molecule has 0 atom stereocenters. The third kappa shape index (κ3) is 2.72. The number of esters is 1. The van der Waals surface area contributed by atoms with Crippen LogP contribution in [-0.2, 0) is 22.1 Å². The monoisotopic (exact) mass is 271 g/mol. The first-order valence-electron chi connectivity index (χ1n) is 5.67. The Hall–Kier alpha value is -1.98. The highest BCUT2D eigenvalue weighted by molar-refractivity contribution is 5.85. The van der Waals surface area contributed by atoms with Gasteiger partial charge in [0.25, 0.3) is 0 Å². The average molecular weight is 271 g/mol. The zero-order valence-electron chi connectivity index (χ0n) is 10.2. The van der Waals surface area contributed by atoms with E-state index in [1.807, 2.05) is 0 Å². The number of fused-ring (bicyclic) bond motifs is 1. The predicted molar refractivity (Wildman–Crippen MR) is 63.6 cm³/mol. The van der Waals surface area contributed by atoms with Gasteiger partial charge in [0.15, 0.2) is 0 Å². The van der Waals surface area contributed by atoms with Gasteiger partial charge >= 0.3 is 12.1 Å². The van der Waals surface area contributed by atoms with E-state index in [0.717, 1.165) is 0 Å². The molecular weight excluding hydrogens is 259 g/mol. The molecule has 0 saturated carbocycles. The van der Waals surface area contributed by atoms with Gasteiger partial charge in [-0.2, -0.15) is 13.2 Å². The lowest BCUT2D eigenvalue weighted by molar-refractivity contribution is -0.143. The van der Waals surface area contributed by atoms with Crippen LogP contribution in [0.1, 0.15) is 17.7 Å². The zero-order chi connectivity index (χ0) is 14.0. The summed E-state index contributed by atoms with van der Waals surface area (Å²) in [6.45, 7) is 0. The number of hydrogen-bond donors (Lipinski definition) is 1. The molecule has 2 rings (SSSR count). The molecule has 0 fully saturated rings. The standard InChI is InChI=1S/C13H12F3NO2/c1-19-11(18)7-6-9-8-4-2-3-5-10(8)17-12(9)13(14,15)16/h2-5,17H,6-7H2,1H3. The van der Waals surface area contributed by atoms with Gasteiger partial charge in [0, 0.05) is 17.3 Å². The van der Waals surface area contributed by atoms with Gasteiger partial charge in [0.1, 0.15) is 5.69 Å². The van der Waals surface area contributed by atoms with E-state index in [1.165, 1.54) is 7.11 Å². The smallest absolute Gasteiger partial charge is 0.431 e. The van der Waals surface area contributed by atoms with Crippen molar-refractivity contribution in [1.29, 1.82) is 0 Å². The predicted octanol–water partition coefficient (Wildman–Crippen LogP) is 3.29. The minimum atomic E-state index is -4.47. The molecule has 1 heterocycles. The molecule has 0 aliphatic heterocycles. The average Bonchev–Trinajstić information content (AvgIpc) is 2.74. The van der Waals surface area contributed by atoms with E-state index >= 15 is 0 Å². The molecule has 0 unspecified atom stereocenters. The molecule has 1 aromatic heterocycles. The van der Waals surface area contributed by atoms with Crippen molar-refractivity contribution in [2.24, 2.45) is 0 Å². The number of aryl methyl sites for hydroxylation is 1. The summed E-state index contributed by atoms with van der Waals surface area (Å²) in [6.07, 6.45) is -4.56. The molecule has 102 valence electrons. The van der Waals surface area contributed by atoms with Crippen molar-refractivity contribution in [2.75, 3.05) is 7.11 Å². The highest BCUT2D eigenvalue weighted by Gasteiger charge is 2.36. The van der Waals surface area contributed by atoms with Gasteiger partial charge < -0.3 is 9.72 Å². The van der Waals surface area contributed by atoms with E-state index in [9.17, 15) is 18.0 Å². The first-order valence-corrected chi connectivity index (χ1v) is 5.67. The molecule has 0 aliphatic carbocycles. The summed E-state index contributed by atoms with van der Waals surface area (Å²) in [5.74, 6) is -0.529. The molecule has 0 saturated heterocycles. The van der Waals surface area contributed by atoms with Crippen LogP contribution in [0.4, 0.5) is 13.2 Å². The number of nitrogens with one attached hydrogen (secondary N) is 1. The fraction of sp³-hybridized carbons (Fsp3) is 0.308. The fourth-order valence-electron chi connectivity index (χ4n) is 2.03. The molecule has 1 aromatic carbocycles. The van der Waals surface area contributed by atoms with Crippen LogP contribution < -0.4 is 0 Å². The Morgan fingerprint density at radius 3 is 2.63 bits per heavy atom. The second-order valence-corrected chi connectivity index (χ2v) is 4.10. The van der Waals surface area contributed by atoms with E-state index < -0.39 is 17.8 Å². The van der Waals surface area contributed by atoms with E-state index in [4.69, 9.17) is 0 Å². The number of halogens is 3. The van der Waals surface area contributed by atoms with Gasteiger partial charge in [-0.05, 0) is 18.1 Å². The summed E-state index contributed by atoms with van der Waals surface area (Å²) in [5.41, 5.74) is -0.277. The number of rotatable bonds is 3. The Bertz CT molecular complexity index is 601. The van der Waals surface area contributed by atoms with E-state index in [2.05, 4.69) is 9.72 Å². The molecule has 0 radical (unpaired) electrons. The normalized spacial score (nSPS) is 11.8. The van der Waals surface area contributed by atoms with Crippen molar-refractivity contribution in [3.05, 3.63) is 35.5 Å². The van der Waals surface area contributed by atoms with E-state index in [-0.39, 0.29) is 18.4 Å². The number of H-pyrrole nitrogens is 1. The van der Waals surface area contributed by atoms with Crippen LogP contribution in [0.3, 0.4) is 0 Å². The number of ether oxygens (including phenoxy) is 1. The lowest BCUT2D eigenvalue weighted by Gasteiger charge is -2.07. The Kier molecular flexibility index (Phi) is 3.50. The number of alkyl halides is 3. The van der Waals surface area contributed by atoms with Gasteiger partial charge in [0.05, 0.1) is 7.11 Å². The molecule has 3 nitrogen and oxygen atoms in total.